The minimum atomic E-state index is -4.30. The highest BCUT2D eigenvalue weighted by Gasteiger charge is 2.30. The summed E-state index contributed by atoms with van der Waals surface area (Å²) >= 11 is 0. The number of pyridine rings is 1. The lowest BCUT2D eigenvalue weighted by atomic mass is 9.97. The van der Waals surface area contributed by atoms with Crippen molar-refractivity contribution in [1.82, 2.24) is 9.88 Å². The molecule has 2 aromatic carbocycles. The monoisotopic (exact) mass is 408 g/mol. The van der Waals surface area contributed by atoms with Gasteiger partial charge in [-0.1, -0.05) is 48.5 Å². The van der Waals surface area contributed by atoms with E-state index in [4.69, 9.17) is 0 Å². The number of hydrogen-bond donors (Lipinski definition) is 0. The molecule has 1 aliphatic rings. The van der Waals surface area contributed by atoms with Crippen molar-refractivity contribution in [2.24, 2.45) is 0 Å². The van der Waals surface area contributed by atoms with Crippen LogP contribution >= 0.6 is 0 Å². The van der Waals surface area contributed by atoms with Gasteiger partial charge in [-0.3, -0.25) is 9.88 Å². The Kier molecular flexibility index (Phi) is 6.00. The molecule has 1 aliphatic heterocycles. The van der Waals surface area contributed by atoms with E-state index in [2.05, 4.69) is 40.2 Å². The van der Waals surface area contributed by atoms with Crippen molar-refractivity contribution in [3.63, 3.8) is 0 Å². The minimum absolute atomic E-state index is 0.586. The third kappa shape index (κ3) is 4.97. The van der Waals surface area contributed by atoms with E-state index < -0.39 is 11.7 Å². The number of nitrogens with zero attached hydrogens (tertiary/aromatic N) is 2. The Balaban J connectivity index is 1.33. The number of alkyl halides is 3. The second-order valence-corrected chi connectivity index (χ2v) is 7.52. The van der Waals surface area contributed by atoms with Gasteiger partial charge in [0.2, 0.25) is 0 Å². The lowest BCUT2D eigenvalue weighted by Gasteiger charge is -2.26. The fourth-order valence-corrected chi connectivity index (χ4v) is 3.73. The first-order valence-corrected chi connectivity index (χ1v) is 10.1. The van der Waals surface area contributed by atoms with E-state index in [9.17, 15) is 13.2 Å². The van der Waals surface area contributed by atoms with Crippen molar-refractivity contribution in [3.8, 4) is 11.3 Å². The minimum Gasteiger partial charge on any atom is -0.299 e. The van der Waals surface area contributed by atoms with E-state index >= 15 is 0 Å². The van der Waals surface area contributed by atoms with Gasteiger partial charge in [0.1, 0.15) is 0 Å². The van der Waals surface area contributed by atoms with Crippen molar-refractivity contribution in [2.75, 3.05) is 19.6 Å². The van der Waals surface area contributed by atoms with Crippen LogP contribution < -0.4 is 0 Å². The number of halogens is 3. The molecule has 2 nitrogen and oxygen atoms in total. The standard InChI is InChI=1S/C25H23F3N2/c26-25(27,28)23-5-3-4-22(18-23)20-12-16-30(17-13-20)15-11-19-7-9-21(10-8-19)24-6-1-2-14-29-24/h1-10,12,14,18H,11,13,15-17H2. The van der Waals surface area contributed by atoms with E-state index in [0.717, 1.165) is 55.4 Å². The van der Waals surface area contributed by atoms with Gasteiger partial charge in [-0.15, -0.1) is 0 Å². The molecule has 3 aromatic rings. The Hall–Kier alpha value is -2.92. The van der Waals surface area contributed by atoms with Crippen molar-refractivity contribution >= 4 is 5.57 Å². The molecule has 0 bridgehead atoms. The molecule has 0 radical (unpaired) electrons. The van der Waals surface area contributed by atoms with Gasteiger partial charge < -0.3 is 0 Å². The van der Waals surface area contributed by atoms with Crippen molar-refractivity contribution in [3.05, 3.63) is 95.7 Å². The molecule has 0 atom stereocenters. The van der Waals surface area contributed by atoms with Crippen LogP contribution in [0.4, 0.5) is 13.2 Å². The van der Waals surface area contributed by atoms with Gasteiger partial charge >= 0.3 is 6.18 Å². The summed E-state index contributed by atoms with van der Waals surface area (Å²) in [6.07, 6.45) is 1.25. The molecule has 0 unspecified atom stereocenters. The molecule has 2 heterocycles. The molecule has 5 heteroatoms. The molecule has 0 saturated heterocycles. The van der Waals surface area contributed by atoms with Crippen LogP contribution in [0.15, 0.2) is 79.0 Å². The van der Waals surface area contributed by atoms with Gasteiger partial charge in [0, 0.05) is 31.4 Å². The van der Waals surface area contributed by atoms with Crippen LogP contribution in [0.3, 0.4) is 0 Å². The first kappa shape index (κ1) is 20.4. The fourth-order valence-electron chi connectivity index (χ4n) is 3.73. The summed E-state index contributed by atoms with van der Waals surface area (Å²) in [7, 11) is 0. The largest absolute Gasteiger partial charge is 0.416 e. The lowest BCUT2D eigenvalue weighted by Crippen LogP contribution is -2.30. The van der Waals surface area contributed by atoms with Gasteiger partial charge in [-0.2, -0.15) is 13.2 Å². The van der Waals surface area contributed by atoms with E-state index in [1.54, 1.807) is 12.3 Å². The number of benzene rings is 2. The van der Waals surface area contributed by atoms with Crippen LogP contribution in [0.2, 0.25) is 0 Å². The molecule has 154 valence electrons. The number of rotatable bonds is 5. The highest BCUT2D eigenvalue weighted by Crippen LogP contribution is 2.32. The van der Waals surface area contributed by atoms with Gasteiger partial charge in [0.15, 0.2) is 0 Å². The Morgan fingerprint density at radius 3 is 2.40 bits per heavy atom. The summed E-state index contributed by atoms with van der Waals surface area (Å²) in [5.74, 6) is 0. The zero-order chi connectivity index (χ0) is 21.0. The Bertz CT molecular complexity index is 1010. The summed E-state index contributed by atoms with van der Waals surface area (Å²) in [5.41, 5.74) is 4.42. The molecule has 0 amide bonds. The summed E-state index contributed by atoms with van der Waals surface area (Å²) in [5, 5.41) is 0. The van der Waals surface area contributed by atoms with Gasteiger partial charge in [-0.05, 0) is 53.8 Å². The predicted octanol–water partition coefficient (Wildman–Crippen LogP) is 6.10. The van der Waals surface area contributed by atoms with Gasteiger partial charge in [0.25, 0.3) is 0 Å². The average molecular weight is 408 g/mol. The van der Waals surface area contributed by atoms with Crippen molar-refractivity contribution in [1.29, 1.82) is 0 Å². The second kappa shape index (κ2) is 8.84. The maximum Gasteiger partial charge on any atom is 0.416 e. The molecule has 0 spiro atoms. The Labute approximate surface area is 174 Å². The van der Waals surface area contributed by atoms with Crippen LogP contribution in [0.25, 0.3) is 16.8 Å². The summed E-state index contributed by atoms with van der Waals surface area (Å²) in [6.45, 7) is 2.54. The van der Waals surface area contributed by atoms with Crippen molar-refractivity contribution in [2.45, 2.75) is 19.0 Å². The smallest absolute Gasteiger partial charge is 0.299 e. The maximum atomic E-state index is 12.9. The Morgan fingerprint density at radius 2 is 1.73 bits per heavy atom. The predicted molar refractivity (Wildman–Crippen MR) is 114 cm³/mol. The SMILES string of the molecule is FC(F)(F)c1cccc(C2=CCN(CCc3ccc(-c4ccccn4)cc3)CC2)c1. The zero-order valence-electron chi connectivity index (χ0n) is 16.6. The van der Waals surface area contributed by atoms with E-state index in [0.29, 0.717) is 5.56 Å². The van der Waals surface area contributed by atoms with E-state index in [1.807, 2.05) is 18.2 Å². The quantitative estimate of drug-likeness (QED) is 0.507. The van der Waals surface area contributed by atoms with Crippen LogP contribution in [-0.2, 0) is 12.6 Å². The summed E-state index contributed by atoms with van der Waals surface area (Å²) in [6, 6.07) is 20.0. The van der Waals surface area contributed by atoms with Gasteiger partial charge in [-0.25, -0.2) is 0 Å². The lowest BCUT2D eigenvalue weighted by molar-refractivity contribution is -0.137. The second-order valence-electron chi connectivity index (χ2n) is 7.52. The van der Waals surface area contributed by atoms with Gasteiger partial charge in [0.05, 0.1) is 11.3 Å². The first-order valence-electron chi connectivity index (χ1n) is 10.1. The topological polar surface area (TPSA) is 16.1 Å². The highest BCUT2D eigenvalue weighted by molar-refractivity contribution is 5.67. The fraction of sp³-hybridized carbons (Fsp3) is 0.240. The number of hydrogen-bond acceptors (Lipinski definition) is 2. The third-order valence-corrected chi connectivity index (χ3v) is 5.49. The van der Waals surface area contributed by atoms with Crippen LogP contribution in [-0.4, -0.2) is 29.5 Å². The molecular formula is C25H23F3N2. The van der Waals surface area contributed by atoms with E-state index in [1.165, 1.54) is 17.7 Å². The molecule has 1 aromatic heterocycles. The maximum absolute atomic E-state index is 12.9. The van der Waals surface area contributed by atoms with Crippen LogP contribution in [0.1, 0.15) is 23.1 Å². The average Bonchev–Trinajstić information content (AvgIpc) is 2.78. The first-order chi connectivity index (χ1) is 14.5. The number of aromatic nitrogens is 1. The third-order valence-electron chi connectivity index (χ3n) is 5.49. The molecule has 4 rings (SSSR count). The summed E-state index contributed by atoms with van der Waals surface area (Å²) in [4.78, 5) is 6.71. The van der Waals surface area contributed by atoms with E-state index in [-0.39, 0.29) is 0 Å². The molecule has 0 aliphatic carbocycles. The molecule has 0 saturated carbocycles. The molecule has 0 N–H and O–H groups in total. The summed E-state index contributed by atoms with van der Waals surface area (Å²) < 4.78 is 38.8. The normalized spacial score (nSPS) is 15.1. The Morgan fingerprint density at radius 1 is 0.900 bits per heavy atom. The van der Waals surface area contributed by atoms with Crippen LogP contribution in [0, 0.1) is 0 Å². The molecule has 0 fully saturated rings. The zero-order valence-corrected chi connectivity index (χ0v) is 16.6. The van der Waals surface area contributed by atoms with Crippen LogP contribution in [0.5, 0.6) is 0 Å². The molecule has 30 heavy (non-hydrogen) atoms. The highest BCUT2D eigenvalue weighted by atomic mass is 19.4. The van der Waals surface area contributed by atoms with Crippen molar-refractivity contribution < 1.29 is 13.2 Å². The molecular weight excluding hydrogens is 385 g/mol.